The predicted octanol–water partition coefficient (Wildman–Crippen LogP) is 4.80. The fraction of sp³-hybridized carbons (Fsp3) is 0.310. The van der Waals surface area contributed by atoms with Crippen LogP contribution in [0.2, 0.25) is 5.02 Å². The van der Waals surface area contributed by atoms with Gasteiger partial charge in [-0.15, -0.1) is 0 Å². The second-order valence-electron chi connectivity index (χ2n) is 9.13. The molecule has 1 N–H and O–H groups in total. The number of rotatable bonds is 13. The van der Waals surface area contributed by atoms with E-state index in [4.69, 9.17) is 11.6 Å². The predicted molar refractivity (Wildman–Crippen MR) is 152 cm³/mol. The Morgan fingerprint density at radius 1 is 0.974 bits per heavy atom. The third kappa shape index (κ3) is 8.80. The van der Waals surface area contributed by atoms with Gasteiger partial charge in [0.15, 0.2) is 0 Å². The van der Waals surface area contributed by atoms with Gasteiger partial charge in [0.05, 0.1) is 11.9 Å². The third-order valence-electron chi connectivity index (χ3n) is 6.19. The van der Waals surface area contributed by atoms with Crippen molar-refractivity contribution in [2.75, 3.05) is 23.7 Å². The molecule has 0 fully saturated rings. The lowest BCUT2D eigenvalue weighted by Gasteiger charge is -2.32. The molecular formula is C29H33ClFN3O4S. The van der Waals surface area contributed by atoms with E-state index in [2.05, 4.69) is 5.32 Å². The van der Waals surface area contributed by atoms with Crippen molar-refractivity contribution < 1.29 is 22.4 Å². The van der Waals surface area contributed by atoms with Crippen LogP contribution >= 0.6 is 11.6 Å². The van der Waals surface area contributed by atoms with Crippen LogP contribution in [0.3, 0.4) is 0 Å². The molecule has 7 nitrogen and oxygen atoms in total. The second kappa shape index (κ2) is 14.1. The minimum atomic E-state index is -3.68. The molecule has 0 spiro atoms. The van der Waals surface area contributed by atoms with Gasteiger partial charge in [-0.3, -0.25) is 13.9 Å². The molecule has 0 saturated heterocycles. The summed E-state index contributed by atoms with van der Waals surface area (Å²) in [6.07, 6.45) is 1.54. The Morgan fingerprint density at radius 2 is 1.62 bits per heavy atom. The monoisotopic (exact) mass is 573 g/mol. The Kier molecular flexibility index (Phi) is 10.9. The highest BCUT2D eigenvalue weighted by Gasteiger charge is 2.30. The zero-order chi connectivity index (χ0) is 28.4. The smallest absolute Gasteiger partial charge is 0.243 e. The molecule has 0 radical (unpaired) electrons. The van der Waals surface area contributed by atoms with Gasteiger partial charge in [-0.1, -0.05) is 60.1 Å². The van der Waals surface area contributed by atoms with Crippen molar-refractivity contribution in [1.29, 1.82) is 0 Å². The van der Waals surface area contributed by atoms with Gasteiger partial charge < -0.3 is 10.2 Å². The van der Waals surface area contributed by atoms with Crippen molar-refractivity contribution in [2.24, 2.45) is 0 Å². The summed E-state index contributed by atoms with van der Waals surface area (Å²) in [4.78, 5) is 28.5. The first kappa shape index (κ1) is 30.1. The number of carbonyl (C=O) groups excluding carboxylic acids is 2. The summed E-state index contributed by atoms with van der Waals surface area (Å²) in [7, 11) is -3.68. The minimum Gasteiger partial charge on any atom is -0.355 e. The van der Waals surface area contributed by atoms with Gasteiger partial charge in [-0.25, -0.2) is 12.8 Å². The normalized spacial score (nSPS) is 12.0. The van der Waals surface area contributed by atoms with Crippen LogP contribution in [0.5, 0.6) is 0 Å². The summed E-state index contributed by atoms with van der Waals surface area (Å²) >= 11 is 6.42. The summed E-state index contributed by atoms with van der Waals surface area (Å²) in [5.41, 5.74) is 1.90. The highest BCUT2D eigenvalue weighted by molar-refractivity contribution is 7.92. The molecule has 0 bridgehead atoms. The second-order valence-corrected chi connectivity index (χ2v) is 11.4. The van der Waals surface area contributed by atoms with Crippen LogP contribution in [-0.4, -0.2) is 50.5 Å². The number of sulfonamides is 1. The lowest BCUT2D eigenvalue weighted by molar-refractivity contribution is -0.141. The highest BCUT2D eigenvalue weighted by Crippen LogP contribution is 2.23. The average Bonchev–Trinajstić information content (AvgIpc) is 2.90. The Morgan fingerprint density at radius 3 is 2.23 bits per heavy atom. The number of nitrogens with one attached hydrogen (secondary N) is 1. The average molecular weight is 574 g/mol. The van der Waals surface area contributed by atoms with Gasteiger partial charge in [-0.05, 0) is 54.8 Å². The first-order valence-electron chi connectivity index (χ1n) is 12.7. The van der Waals surface area contributed by atoms with Gasteiger partial charge in [0.2, 0.25) is 21.8 Å². The largest absolute Gasteiger partial charge is 0.355 e. The van der Waals surface area contributed by atoms with Gasteiger partial charge in [0, 0.05) is 37.5 Å². The van der Waals surface area contributed by atoms with Gasteiger partial charge in [0.25, 0.3) is 0 Å². The first-order valence-corrected chi connectivity index (χ1v) is 14.9. The van der Waals surface area contributed by atoms with E-state index < -0.39 is 21.9 Å². The molecule has 2 amide bonds. The first-order chi connectivity index (χ1) is 18.6. The quantitative estimate of drug-likeness (QED) is 0.318. The zero-order valence-electron chi connectivity index (χ0n) is 22.0. The number of amides is 2. The molecule has 0 saturated carbocycles. The van der Waals surface area contributed by atoms with E-state index in [0.29, 0.717) is 29.2 Å². The lowest BCUT2D eigenvalue weighted by atomic mass is 10.0. The molecule has 3 aromatic rings. The summed E-state index contributed by atoms with van der Waals surface area (Å²) < 4.78 is 39.4. The van der Waals surface area contributed by atoms with E-state index >= 15 is 0 Å². The number of benzene rings is 3. The highest BCUT2D eigenvalue weighted by atomic mass is 35.5. The number of anilines is 1. The fourth-order valence-electron chi connectivity index (χ4n) is 4.27. The maximum absolute atomic E-state index is 13.7. The maximum Gasteiger partial charge on any atom is 0.243 e. The van der Waals surface area contributed by atoms with Crippen LogP contribution in [-0.2, 0) is 32.6 Å². The fourth-order valence-corrected chi connectivity index (χ4v) is 5.43. The van der Waals surface area contributed by atoms with Gasteiger partial charge >= 0.3 is 0 Å². The number of hydrogen-bond donors (Lipinski definition) is 1. The molecule has 10 heteroatoms. The van der Waals surface area contributed by atoms with E-state index in [1.54, 1.807) is 18.2 Å². The molecule has 208 valence electrons. The van der Waals surface area contributed by atoms with Crippen LogP contribution in [0.15, 0.2) is 78.9 Å². The van der Waals surface area contributed by atoms with Crippen molar-refractivity contribution in [1.82, 2.24) is 10.2 Å². The number of halogens is 2. The van der Waals surface area contributed by atoms with E-state index in [1.165, 1.54) is 29.2 Å². The Balaban J connectivity index is 1.86. The Labute approximate surface area is 234 Å². The van der Waals surface area contributed by atoms with Crippen LogP contribution in [0.25, 0.3) is 0 Å². The zero-order valence-corrected chi connectivity index (χ0v) is 23.6. The molecule has 1 atom stereocenters. The molecule has 0 aliphatic rings. The van der Waals surface area contributed by atoms with Crippen LogP contribution in [0.1, 0.15) is 30.9 Å². The van der Waals surface area contributed by atoms with Crippen LogP contribution < -0.4 is 9.62 Å². The van der Waals surface area contributed by atoms with E-state index in [0.717, 1.165) is 16.1 Å². The molecule has 39 heavy (non-hydrogen) atoms. The molecule has 3 aromatic carbocycles. The molecule has 1 unspecified atom stereocenters. The topological polar surface area (TPSA) is 86.8 Å². The lowest BCUT2D eigenvalue weighted by Crippen LogP contribution is -2.50. The Hall–Kier alpha value is -3.43. The number of nitrogens with zero attached hydrogens (tertiary/aromatic N) is 2. The number of likely N-dealkylation sites (N-methyl/N-ethyl adjacent to an activating group) is 1. The Bertz CT molecular complexity index is 1350. The third-order valence-corrected chi connectivity index (χ3v) is 7.75. The SMILES string of the molecule is CCNC(=O)C(Cc1ccccc1)N(Cc1ccccc1Cl)C(=O)CCCN(c1ccc(F)cc1)S(C)(=O)=O. The summed E-state index contributed by atoms with van der Waals surface area (Å²) in [6.45, 7) is 2.34. The molecule has 0 aliphatic heterocycles. The standard InChI is InChI=1S/C29H33ClFN3O4S/c1-3-32-29(36)27(20-22-10-5-4-6-11-22)33(21-23-12-7-8-13-26(23)30)28(35)14-9-19-34(39(2,37)38)25-17-15-24(31)16-18-25/h4-8,10-13,15-18,27H,3,9,14,19-21H2,1-2H3,(H,32,36). The van der Waals surface area contributed by atoms with Crippen LogP contribution in [0.4, 0.5) is 10.1 Å². The van der Waals surface area contributed by atoms with E-state index in [1.807, 2.05) is 43.3 Å². The van der Waals surface area contributed by atoms with Crippen LogP contribution in [0, 0.1) is 5.82 Å². The molecule has 0 heterocycles. The van der Waals surface area contributed by atoms with Crippen molar-refractivity contribution in [3.05, 3.63) is 101 Å². The molecular weight excluding hydrogens is 541 g/mol. The van der Waals surface area contributed by atoms with Crippen molar-refractivity contribution in [3.8, 4) is 0 Å². The van der Waals surface area contributed by atoms with Gasteiger partial charge in [0.1, 0.15) is 11.9 Å². The molecule has 0 aromatic heterocycles. The number of carbonyl (C=O) groups is 2. The maximum atomic E-state index is 13.7. The summed E-state index contributed by atoms with van der Waals surface area (Å²) in [6, 6.07) is 20.9. The van der Waals surface area contributed by atoms with Gasteiger partial charge in [-0.2, -0.15) is 0 Å². The van der Waals surface area contributed by atoms with E-state index in [9.17, 15) is 22.4 Å². The summed E-state index contributed by atoms with van der Waals surface area (Å²) in [5, 5.41) is 3.31. The molecule has 0 aliphatic carbocycles. The van der Waals surface area contributed by atoms with Crippen molar-refractivity contribution in [3.63, 3.8) is 0 Å². The number of hydrogen-bond acceptors (Lipinski definition) is 4. The van der Waals surface area contributed by atoms with Crippen molar-refractivity contribution in [2.45, 2.75) is 38.8 Å². The molecule has 3 rings (SSSR count). The summed E-state index contributed by atoms with van der Waals surface area (Å²) in [5.74, 6) is -1.08. The minimum absolute atomic E-state index is 0.0115. The van der Waals surface area contributed by atoms with Crippen molar-refractivity contribution >= 4 is 39.1 Å². The van der Waals surface area contributed by atoms with E-state index in [-0.39, 0.29) is 37.7 Å².